The van der Waals surface area contributed by atoms with Gasteiger partial charge in [0.1, 0.15) is 6.04 Å². The highest BCUT2D eigenvalue weighted by Crippen LogP contribution is 2.27. The molecular weight excluding hydrogens is 436 g/mol. The molecule has 0 bridgehead atoms. The van der Waals surface area contributed by atoms with Gasteiger partial charge in [-0.3, -0.25) is 9.59 Å². The number of carbonyl (C=O) groups is 2. The molecule has 7 heteroatoms. The van der Waals surface area contributed by atoms with Crippen LogP contribution in [0.5, 0.6) is 0 Å². The Morgan fingerprint density at radius 1 is 1.12 bits per heavy atom. The molecule has 0 aliphatic carbocycles. The van der Waals surface area contributed by atoms with E-state index in [9.17, 15) is 9.59 Å². The van der Waals surface area contributed by atoms with E-state index in [1.54, 1.807) is 16.8 Å². The third kappa shape index (κ3) is 5.11. The zero-order chi connectivity index (χ0) is 23.4. The van der Waals surface area contributed by atoms with Crippen LogP contribution >= 0.6 is 11.6 Å². The maximum Gasteiger partial charge on any atom is 0.245 e. The Kier molecular flexibility index (Phi) is 7.14. The molecular formula is C26H29ClN4O2. The van der Waals surface area contributed by atoms with Gasteiger partial charge in [-0.25, -0.2) is 4.68 Å². The van der Waals surface area contributed by atoms with Crippen LogP contribution in [-0.2, 0) is 16.1 Å². The van der Waals surface area contributed by atoms with Crippen LogP contribution in [0.1, 0.15) is 38.2 Å². The number of hydrogen-bond acceptors (Lipinski definition) is 3. The number of carbonyl (C=O) groups excluding carboxylic acids is 2. The van der Waals surface area contributed by atoms with E-state index in [0.29, 0.717) is 31.0 Å². The van der Waals surface area contributed by atoms with E-state index < -0.39 is 0 Å². The largest absolute Gasteiger partial charge is 0.339 e. The zero-order valence-electron chi connectivity index (χ0n) is 19.1. The van der Waals surface area contributed by atoms with Crippen LogP contribution in [-0.4, -0.2) is 51.0 Å². The number of amides is 2. The van der Waals surface area contributed by atoms with Crippen LogP contribution in [0.2, 0.25) is 5.02 Å². The van der Waals surface area contributed by atoms with Crippen LogP contribution in [0.3, 0.4) is 0 Å². The lowest BCUT2D eigenvalue weighted by molar-refractivity contribution is -0.143. The zero-order valence-corrected chi connectivity index (χ0v) is 19.8. The Labute approximate surface area is 199 Å². The van der Waals surface area contributed by atoms with E-state index in [2.05, 4.69) is 0 Å². The van der Waals surface area contributed by atoms with Gasteiger partial charge in [-0.05, 0) is 43.5 Å². The number of likely N-dealkylation sites (tertiary alicyclic amines) is 1. The predicted molar refractivity (Wildman–Crippen MR) is 130 cm³/mol. The lowest BCUT2D eigenvalue weighted by Gasteiger charge is -2.28. The Bertz CT molecular complexity index is 1110. The number of nitrogens with zero attached hydrogens (tertiary/aromatic N) is 4. The molecule has 2 amide bonds. The first-order valence-electron chi connectivity index (χ1n) is 11.4. The van der Waals surface area contributed by atoms with Crippen molar-refractivity contribution >= 4 is 23.4 Å². The molecule has 0 spiro atoms. The summed E-state index contributed by atoms with van der Waals surface area (Å²) in [4.78, 5) is 29.3. The monoisotopic (exact) mass is 464 g/mol. The van der Waals surface area contributed by atoms with E-state index in [0.717, 1.165) is 35.3 Å². The van der Waals surface area contributed by atoms with Crippen LogP contribution < -0.4 is 0 Å². The highest BCUT2D eigenvalue weighted by Gasteiger charge is 2.35. The van der Waals surface area contributed by atoms with E-state index in [-0.39, 0.29) is 17.9 Å². The number of benzene rings is 2. The average Bonchev–Trinajstić information content (AvgIpc) is 3.48. The van der Waals surface area contributed by atoms with E-state index in [4.69, 9.17) is 16.7 Å². The number of aromatic nitrogens is 2. The SMILES string of the molecule is CCCC(=O)N1CCCC1C(=O)N(C)Cc1cn(-c2ccccc2)nc1-c1ccc(Cl)cc1. The van der Waals surface area contributed by atoms with Crippen LogP contribution in [0, 0.1) is 0 Å². The quantitative estimate of drug-likeness (QED) is 0.497. The fourth-order valence-electron chi connectivity index (χ4n) is 4.36. The van der Waals surface area contributed by atoms with Crippen molar-refractivity contribution in [3.8, 4) is 16.9 Å². The summed E-state index contributed by atoms with van der Waals surface area (Å²) in [6.45, 7) is 3.04. The van der Waals surface area contributed by atoms with Crippen molar-refractivity contribution in [3.63, 3.8) is 0 Å². The maximum absolute atomic E-state index is 13.3. The van der Waals surface area contributed by atoms with Crippen LogP contribution in [0.4, 0.5) is 0 Å². The van der Waals surface area contributed by atoms with Crippen molar-refractivity contribution in [1.82, 2.24) is 19.6 Å². The molecule has 1 aliphatic heterocycles. The maximum atomic E-state index is 13.3. The molecule has 4 rings (SSSR count). The number of hydrogen-bond donors (Lipinski definition) is 0. The summed E-state index contributed by atoms with van der Waals surface area (Å²) in [6, 6.07) is 17.1. The van der Waals surface area contributed by atoms with Gasteiger partial charge in [-0.2, -0.15) is 5.10 Å². The third-order valence-corrected chi connectivity index (χ3v) is 6.29. The second-order valence-electron chi connectivity index (χ2n) is 8.48. The lowest BCUT2D eigenvalue weighted by atomic mass is 10.1. The fourth-order valence-corrected chi connectivity index (χ4v) is 4.48. The van der Waals surface area contributed by atoms with E-state index >= 15 is 0 Å². The first-order valence-corrected chi connectivity index (χ1v) is 11.8. The van der Waals surface area contributed by atoms with Gasteiger partial charge in [0, 0.05) is 48.9 Å². The van der Waals surface area contributed by atoms with Crippen LogP contribution in [0.25, 0.3) is 16.9 Å². The Morgan fingerprint density at radius 3 is 2.55 bits per heavy atom. The Hall–Kier alpha value is -3.12. The molecule has 1 unspecified atom stereocenters. The highest BCUT2D eigenvalue weighted by atomic mass is 35.5. The number of para-hydroxylation sites is 1. The summed E-state index contributed by atoms with van der Waals surface area (Å²) in [6.07, 6.45) is 4.82. The van der Waals surface area contributed by atoms with Crippen molar-refractivity contribution in [2.75, 3.05) is 13.6 Å². The molecule has 1 aliphatic rings. The summed E-state index contributed by atoms with van der Waals surface area (Å²) in [7, 11) is 1.80. The minimum absolute atomic E-state index is 0.0218. The molecule has 1 aromatic heterocycles. The number of likely N-dealkylation sites (N-methyl/N-ethyl adjacent to an activating group) is 1. The van der Waals surface area contributed by atoms with Gasteiger partial charge < -0.3 is 9.80 Å². The van der Waals surface area contributed by atoms with Gasteiger partial charge in [0.15, 0.2) is 0 Å². The number of rotatable bonds is 7. The minimum atomic E-state index is -0.378. The smallest absolute Gasteiger partial charge is 0.245 e. The van der Waals surface area contributed by atoms with Crippen LogP contribution in [0.15, 0.2) is 60.8 Å². The van der Waals surface area contributed by atoms with E-state index in [1.165, 1.54) is 0 Å². The van der Waals surface area contributed by atoms with Gasteiger partial charge in [0.25, 0.3) is 0 Å². The molecule has 2 aromatic carbocycles. The second-order valence-corrected chi connectivity index (χ2v) is 8.92. The van der Waals surface area contributed by atoms with Gasteiger partial charge >= 0.3 is 0 Å². The van der Waals surface area contributed by atoms with Gasteiger partial charge in [-0.1, -0.05) is 48.9 Å². The first-order chi connectivity index (χ1) is 16.0. The summed E-state index contributed by atoms with van der Waals surface area (Å²) in [5.74, 6) is 0.0481. The summed E-state index contributed by atoms with van der Waals surface area (Å²) < 4.78 is 1.84. The molecule has 3 aromatic rings. The molecule has 1 saturated heterocycles. The second kappa shape index (κ2) is 10.2. The normalized spacial score (nSPS) is 15.6. The third-order valence-electron chi connectivity index (χ3n) is 6.03. The minimum Gasteiger partial charge on any atom is -0.339 e. The van der Waals surface area contributed by atoms with Crippen molar-refractivity contribution in [1.29, 1.82) is 0 Å². The van der Waals surface area contributed by atoms with Crippen molar-refractivity contribution < 1.29 is 9.59 Å². The molecule has 0 N–H and O–H groups in total. The van der Waals surface area contributed by atoms with Crippen molar-refractivity contribution in [2.45, 2.75) is 45.2 Å². The van der Waals surface area contributed by atoms with Gasteiger partial charge in [-0.15, -0.1) is 0 Å². The fraction of sp³-hybridized carbons (Fsp3) is 0.346. The molecule has 0 saturated carbocycles. The Morgan fingerprint density at radius 2 is 1.85 bits per heavy atom. The standard InChI is InChI=1S/C26H29ClN4O2/c1-3-8-24(32)30-16-7-11-23(30)26(33)29(2)17-20-18-31(22-9-5-4-6-10-22)28-25(20)19-12-14-21(27)15-13-19/h4-6,9-10,12-15,18,23H,3,7-8,11,16-17H2,1-2H3. The molecule has 33 heavy (non-hydrogen) atoms. The molecule has 6 nitrogen and oxygen atoms in total. The molecule has 172 valence electrons. The molecule has 1 atom stereocenters. The Balaban J connectivity index is 1.61. The summed E-state index contributed by atoms with van der Waals surface area (Å²) in [5, 5.41) is 5.49. The number of halogens is 1. The van der Waals surface area contributed by atoms with Gasteiger partial charge in [0.2, 0.25) is 11.8 Å². The molecule has 0 radical (unpaired) electrons. The van der Waals surface area contributed by atoms with E-state index in [1.807, 2.05) is 72.4 Å². The predicted octanol–water partition coefficient (Wildman–Crippen LogP) is 4.94. The topological polar surface area (TPSA) is 58.4 Å². The molecule has 1 fully saturated rings. The van der Waals surface area contributed by atoms with Gasteiger partial charge in [0.05, 0.1) is 11.4 Å². The summed E-state index contributed by atoms with van der Waals surface area (Å²) >= 11 is 6.09. The highest BCUT2D eigenvalue weighted by molar-refractivity contribution is 6.30. The first kappa shape index (κ1) is 23.1. The average molecular weight is 465 g/mol. The molecule has 2 heterocycles. The summed E-state index contributed by atoms with van der Waals surface area (Å²) in [5.41, 5.74) is 3.62. The van der Waals surface area contributed by atoms with Crippen molar-refractivity contribution in [2.24, 2.45) is 0 Å². The lowest BCUT2D eigenvalue weighted by Crippen LogP contribution is -2.46. The van der Waals surface area contributed by atoms with Crippen molar-refractivity contribution in [3.05, 3.63) is 71.4 Å².